The topological polar surface area (TPSA) is 66.5 Å². The summed E-state index contributed by atoms with van der Waals surface area (Å²) in [5.41, 5.74) is 0.796. The third kappa shape index (κ3) is 2.40. The van der Waals surface area contributed by atoms with Crippen molar-refractivity contribution in [2.24, 2.45) is 0 Å². The molecule has 3 amide bonds. The van der Waals surface area contributed by atoms with Gasteiger partial charge >= 0.3 is 0 Å². The van der Waals surface area contributed by atoms with Gasteiger partial charge in [-0.05, 0) is 37.8 Å². The summed E-state index contributed by atoms with van der Waals surface area (Å²) in [6.45, 7) is 2.08. The monoisotopic (exact) mass is 300 g/mol. The van der Waals surface area contributed by atoms with Crippen molar-refractivity contribution in [3.05, 3.63) is 35.4 Å². The van der Waals surface area contributed by atoms with Crippen LogP contribution in [0.15, 0.2) is 24.3 Å². The number of hydrogen-bond donors (Lipinski definition) is 1. The van der Waals surface area contributed by atoms with Gasteiger partial charge in [0.25, 0.3) is 11.8 Å². The lowest BCUT2D eigenvalue weighted by Crippen LogP contribution is -2.50. The maximum absolute atomic E-state index is 12.5. The van der Waals surface area contributed by atoms with E-state index in [9.17, 15) is 14.4 Å². The molecule has 2 heterocycles. The Balaban J connectivity index is 1.84. The van der Waals surface area contributed by atoms with Crippen molar-refractivity contribution in [1.82, 2.24) is 10.2 Å². The van der Waals surface area contributed by atoms with E-state index in [1.54, 1.807) is 24.3 Å². The molecule has 1 fully saturated rings. The number of imide groups is 1. The molecule has 2 atom stereocenters. The van der Waals surface area contributed by atoms with Crippen LogP contribution in [0, 0.1) is 0 Å². The zero-order chi connectivity index (χ0) is 15.7. The molecule has 0 radical (unpaired) electrons. The molecular formula is C17H20N2O3. The molecule has 0 aliphatic carbocycles. The van der Waals surface area contributed by atoms with Gasteiger partial charge in [0.15, 0.2) is 0 Å². The fraction of sp³-hybridized carbons (Fsp3) is 0.471. The van der Waals surface area contributed by atoms with Gasteiger partial charge in [0.1, 0.15) is 6.04 Å². The molecule has 1 unspecified atom stereocenters. The Morgan fingerprint density at radius 1 is 1.09 bits per heavy atom. The van der Waals surface area contributed by atoms with Crippen LogP contribution in [0.1, 0.15) is 59.7 Å². The van der Waals surface area contributed by atoms with Gasteiger partial charge in [0.2, 0.25) is 5.91 Å². The quantitative estimate of drug-likeness (QED) is 0.870. The summed E-state index contributed by atoms with van der Waals surface area (Å²) in [6.07, 6.45) is 4.21. The molecule has 1 saturated heterocycles. The van der Waals surface area contributed by atoms with Crippen LogP contribution < -0.4 is 5.32 Å². The zero-order valence-electron chi connectivity index (χ0n) is 12.7. The number of fused-ring (bicyclic) bond motifs is 1. The molecule has 3 rings (SSSR count). The highest BCUT2D eigenvalue weighted by atomic mass is 16.2. The van der Waals surface area contributed by atoms with E-state index in [1.165, 1.54) is 0 Å². The number of carbonyl (C=O) groups excluding carboxylic acids is 3. The Morgan fingerprint density at radius 3 is 2.32 bits per heavy atom. The minimum Gasteiger partial charge on any atom is -0.352 e. The summed E-state index contributed by atoms with van der Waals surface area (Å²) in [4.78, 5) is 38.6. The van der Waals surface area contributed by atoms with Crippen LogP contribution in [-0.4, -0.2) is 34.7 Å². The lowest BCUT2D eigenvalue weighted by molar-refractivity contribution is -0.125. The number of carbonyl (C=O) groups is 3. The number of nitrogens with one attached hydrogen (secondary N) is 1. The first-order chi connectivity index (χ1) is 10.6. The molecule has 0 aromatic heterocycles. The average Bonchev–Trinajstić information content (AvgIpc) is 2.65. The van der Waals surface area contributed by atoms with Crippen molar-refractivity contribution in [1.29, 1.82) is 0 Å². The molecule has 2 aliphatic heterocycles. The molecule has 0 bridgehead atoms. The number of amides is 3. The van der Waals surface area contributed by atoms with E-state index >= 15 is 0 Å². The van der Waals surface area contributed by atoms with E-state index in [-0.39, 0.29) is 23.8 Å². The molecular weight excluding hydrogens is 280 g/mol. The fourth-order valence-corrected chi connectivity index (χ4v) is 3.36. The number of nitrogens with zero attached hydrogens (tertiary/aromatic N) is 1. The summed E-state index contributed by atoms with van der Waals surface area (Å²) >= 11 is 0. The Labute approximate surface area is 129 Å². The second-order valence-corrected chi connectivity index (χ2v) is 5.97. The highest BCUT2D eigenvalue weighted by molar-refractivity contribution is 6.22. The van der Waals surface area contributed by atoms with Gasteiger partial charge < -0.3 is 5.32 Å². The van der Waals surface area contributed by atoms with Gasteiger partial charge in [0.05, 0.1) is 11.1 Å². The van der Waals surface area contributed by atoms with Gasteiger partial charge in [-0.3, -0.25) is 19.3 Å². The first-order valence-corrected chi connectivity index (χ1v) is 7.90. The molecule has 0 saturated carbocycles. The smallest absolute Gasteiger partial charge is 0.262 e. The first-order valence-electron chi connectivity index (χ1n) is 7.90. The van der Waals surface area contributed by atoms with Crippen molar-refractivity contribution < 1.29 is 14.4 Å². The van der Waals surface area contributed by atoms with Crippen LogP contribution in [0.2, 0.25) is 0 Å². The standard InChI is InChI=1S/C17H20N2O3/c1-2-6-11-7-5-10-14(15(20)18-11)19-16(21)12-8-3-4-9-13(12)17(19)22/h3-4,8-9,11,14H,2,5-7,10H2,1H3,(H,18,20)/t11?,14-/m0/s1. The minimum absolute atomic E-state index is 0.151. The lowest BCUT2D eigenvalue weighted by atomic mass is 10.1. The van der Waals surface area contributed by atoms with Crippen LogP contribution in [0.25, 0.3) is 0 Å². The van der Waals surface area contributed by atoms with Crippen molar-refractivity contribution in [3.63, 3.8) is 0 Å². The highest BCUT2D eigenvalue weighted by Crippen LogP contribution is 2.27. The summed E-state index contributed by atoms with van der Waals surface area (Å²) in [5, 5.41) is 2.99. The maximum Gasteiger partial charge on any atom is 0.262 e. The van der Waals surface area contributed by atoms with Crippen LogP contribution in [0.5, 0.6) is 0 Å². The Hall–Kier alpha value is -2.17. The van der Waals surface area contributed by atoms with Gasteiger partial charge in [-0.2, -0.15) is 0 Å². The van der Waals surface area contributed by atoms with Gasteiger partial charge in [-0.15, -0.1) is 0 Å². The molecule has 5 nitrogen and oxygen atoms in total. The van der Waals surface area contributed by atoms with E-state index in [4.69, 9.17) is 0 Å². The first kappa shape index (κ1) is 14.8. The number of hydrogen-bond acceptors (Lipinski definition) is 3. The van der Waals surface area contributed by atoms with E-state index in [1.807, 2.05) is 0 Å². The maximum atomic E-state index is 12.5. The third-order valence-corrected chi connectivity index (χ3v) is 4.45. The normalized spacial score (nSPS) is 25.0. The summed E-state index contributed by atoms with van der Waals surface area (Å²) in [7, 11) is 0. The summed E-state index contributed by atoms with van der Waals surface area (Å²) in [6, 6.07) is 6.22. The summed E-state index contributed by atoms with van der Waals surface area (Å²) in [5.74, 6) is -0.908. The van der Waals surface area contributed by atoms with E-state index < -0.39 is 6.04 Å². The predicted octanol–water partition coefficient (Wildman–Crippen LogP) is 2.12. The van der Waals surface area contributed by atoms with Crippen molar-refractivity contribution >= 4 is 17.7 Å². The average molecular weight is 300 g/mol. The van der Waals surface area contributed by atoms with Crippen molar-refractivity contribution in [3.8, 4) is 0 Å². The minimum atomic E-state index is -0.686. The number of rotatable bonds is 3. The molecule has 2 aliphatic rings. The molecule has 116 valence electrons. The Bertz CT molecular complexity index is 591. The van der Waals surface area contributed by atoms with Crippen LogP contribution in [0.3, 0.4) is 0 Å². The highest BCUT2D eigenvalue weighted by Gasteiger charge is 2.43. The SMILES string of the molecule is CCCC1CCC[C@H](N2C(=O)c3ccccc3C2=O)C(=O)N1. The van der Waals surface area contributed by atoms with Crippen molar-refractivity contribution in [2.45, 2.75) is 51.1 Å². The van der Waals surface area contributed by atoms with Gasteiger partial charge in [0, 0.05) is 6.04 Å². The Kier molecular flexibility index (Phi) is 3.96. The molecule has 0 spiro atoms. The molecule has 1 aromatic carbocycles. The molecule has 1 N–H and O–H groups in total. The van der Waals surface area contributed by atoms with E-state index in [0.29, 0.717) is 17.5 Å². The Morgan fingerprint density at radius 2 is 1.73 bits per heavy atom. The number of benzene rings is 1. The third-order valence-electron chi connectivity index (χ3n) is 4.45. The van der Waals surface area contributed by atoms with Crippen molar-refractivity contribution in [2.75, 3.05) is 0 Å². The van der Waals surface area contributed by atoms with E-state index in [2.05, 4.69) is 12.2 Å². The van der Waals surface area contributed by atoms with Gasteiger partial charge in [-0.1, -0.05) is 25.5 Å². The van der Waals surface area contributed by atoms with Crippen LogP contribution in [0.4, 0.5) is 0 Å². The second kappa shape index (κ2) is 5.91. The zero-order valence-corrected chi connectivity index (χ0v) is 12.7. The lowest BCUT2D eigenvalue weighted by Gasteiger charge is -2.24. The van der Waals surface area contributed by atoms with Gasteiger partial charge in [-0.25, -0.2) is 0 Å². The van der Waals surface area contributed by atoms with Crippen LogP contribution in [-0.2, 0) is 4.79 Å². The van der Waals surface area contributed by atoms with E-state index in [0.717, 1.165) is 30.6 Å². The largest absolute Gasteiger partial charge is 0.352 e. The fourth-order valence-electron chi connectivity index (χ4n) is 3.36. The predicted molar refractivity (Wildman–Crippen MR) is 81.4 cm³/mol. The molecule has 1 aromatic rings. The second-order valence-electron chi connectivity index (χ2n) is 5.97. The summed E-state index contributed by atoms with van der Waals surface area (Å²) < 4.78 is 0. The molecule has 22 heavy (non-hydrogen) atoms. The molecule has 5 heteroatoms. The van der Waals surface area contributed by atoms with Crippen LogP contribution >= 0.6 is 0 Å².